The zero-order chi connectivity index (χ0) is 22.9. The molecule has 1 aliphatic heterocycles. The lowest BCUT2D eigenvalue weighted by molar-refractivity contribution is 0.102. The molecule has 0 aliphatic carbocycles. The van der Waals surface area contributed by atoms with Crippen LogP contribution in [0.25, 0.3) is 22.2 Å². The molecule has 0 saturated carbocycles. The van der Waals surface area contributed by atoms with Crippen LogP contribution in [0.3, 0.4) is 0 Å². The van der Waals surface area contributed by atoms with Crippen LogP contribution < -0.4 is 5.32 Å². The minimum atomic E-state index is -0.226. The van der Waals surface area contributed by atoms with E-state index in [4.69, 9.17) is 0 Å². The second kappa shape index (κ2) is 8.70. The zero-order valence-electron chi connectivity index (χ0n) is 19.0. The van der Waals surface area contributed by atoms with E-state index in [0.29, 0.717) is 34.9 Å². The number of likely N-dealkylation sites (tertiary alicyclic amines) is 1. The Morgan fingerprint density at radius 2 is 1.82 bits per heavy atom. The fourth-order valence-electron chi connectivity index (χ4n) is 4.22. The number of amides is 1. The van der Waals surface area contributed by atoms with E-state index in [1.165, 1.54) is 0 Å². The minimum Gasteiger partial charge on any atom is -0.306 e. The average Bonchev–Trinajstić information content (AvgIpc) is 3.48. The maximum Gasteiger partial charge on any atom is 0.260 e. The van der Waals surface area contributed by atoms with Gasteiger partial charge in [0.15, 0.2) is 0 Å². The minimum absolute atomic E-state index is 0.226. The molecule has 5 rings (SSSR count). The number of carbonyl (C=O) groups excluding carboxylic acids is 1. The summed E-state index contributed by atoms with van der Waals surface area (Å²) in [6.45, 7) is 6.56. The molecule has 1 saturated heterocycles. The van der Waals surface area contributed by atoms with Crippen LogP contribution in [-0.4, -0.2) is 64.7 Å². The molecule has 4 aromatic heterocycles. The topological polar surface area (TPSA) is 107 Å². The van der Waals surface area contributed by atoms with E-state index in [0.717, 1.165) is 36.7 Å². The third-order valence-corrected chi connectivity index (χ3v) is 6.18. The van der Waals surface area contributed by atoms with Crippen molar-refractivity contribution in [3.8, 4) is 11.4 Å². The smallest absolute Gasteiger partial charge is 0.260 e. The fourth-order valence-corrected chi connectivity index (χ4v) is 4.22. The zero-order valence-corrected chi connectivity index (χ0v) is 19.0. The van der Waals surface area contributed by atoms with Crippen LogP contribution in [0.4, 0.5) is 5.82 Å². The summed E-state index contributed by atoms with van der Waals surface area (Å²) in [7, 11) is 1.81. The molecule has 1 amide bonds. The molecule has 1 N–H and O–H groups in total. The molecule has 0 aromatic carbocycles. The van der Waals surface area contributed by atoms with Crippen molar-refractivity contribution in [3.63, 3.8) is 0 Å². The van der Waals surface area contributed by atoms with Crippen molar-refractivity contribution in [3.05, 3.63) is 48.7 Å². The van der Waals surface area contributed by atoms with E-state index in [1.807, 2.05) is 36.3 Å². The molecule has 10 nitrogen and oxygen atoms in total. The van der Waals surface area contributed by atoms with Gasteiger partial charge in [0.25, 0.3) is 5.91 Å². The summed E-state index contributed by atoms with van der Waals surface area (Å²) in [6, 6.07) is 4.64. The molecule has 0 bridgehead atoms. The maximum atomic E-state index is 12.8. The number of nitrogens with one attached hydrogen (secondary N) is 1. The Labute approximate surface area is 191 Å². The van der Waals surface area contributed by atoms with Gasteiger partial charge < -0.3 is 10.2 Å². The van der Waals surface area contributed by atoms with Crippen LogP contribution in [-0.2, 0) is 7.05 Å². The third kappa shape index (κ3) is 4.47. The Kier molecular flexibility index (Phi) is 5.59. The molecule has 0 unspecified atom stereocenters. The average molecular weight is 446 g/mol. The highest BCUT2D eigenvalue weighted by Crippen LogP contribution is 2.24. The summed E-state index contributed by atoms with van der Waals surface area (Å²) in [4.78, 5) is 24.1. The van der Waals surface area contributed by atoms with Crippen molar-refractivity contribution in [1.29, 1.82) is 0 Å². The first-order valence-electron chi connectivity index (χ1n) is 11.2. The number of carbonyl (C=O) groups is 1. The van der Waals surface area contributed by atoms with Crippen LogP contribution in [0.15, 0.2) is 43.1 Å². The lowest BCUT2D eigenvalue weighted by Crippen LogP contribution is -2.39. The second-order valence-electron chi connectivity index (χ2n) is 8.79. The van der Waals surface area contributed by atoms with Gasteiger partial charge in [-0.15, -0.1) is 5.10 Å². The summed E-state index contributed by atoms with van der Waals surface area (Å²) < 4.78 is 3.56. The Hall–Kier alpha value is -3.66. The number of nitrogens with zero attached hydrogens (tertiary/aromatic N) is 8. The van der Waals surface area contributed by atoms with Gasteiger partial charge in [0.2, 0.25) is 0 Å². The van der Waals surface area contributed by atoms with Crippen molar-refractivity contribution in [2.24, 2.45) is 7.05 Å². The van der Waals surface area contributed by atoms with Gasteiger partial charge in [0.1, 0.15) is 11.5 Å². The standard InChI is InChI=1S/C23H27N9O/c1-15(2)31-6-4-19(5-7-31)32-13-18(12-26-32)23(33)27-22-9-16-8-20(21-14-30(3)29-28-21)24-10-17(16)11-25-22/h8-15,19H,4-7H2,1-3H3,(H,25,27,33). The highest BCUT2D eigenvalue weighted by molar-refractivity contribution is 6.04. The molecule has 5 heterocycles. The van der Waals surface area contributed by atoms with Crippen LogP contribution in [0.2, 0.25) is 0 Å². The molecular weight excluding hydrogens is 418 g/mol. The molecule has 0 spiro atoms. The maximum absolute atomic E-state index is 12.8. The van der Waals surface area contributed by atoms with Crippen LogP contribution in [0.5, 0.6) is 0 Å². The first-order chi connectivity index (χ1) is 16.0. The van der Waals surface area contributed by atoms with E-state index in [-0.39, 0.29) is 5.91 Å². The van der Waals surface area contributed by atoms with E-state index in [9.17, 15) is 4.79 Å². The van der Waals surface area contributed by atoms with Gasteiger partial charge in [-0.2, -0.15) is 5.10 Å². The number of aryl methyl sites for hydroxylation is 1. The van der Waals surface area contributed by atoms with Gasteiger partial charge in [-0.25, -0.2) is 4.98 Å². The molecule has 170 valence electrons. The molecule has 4 aromatic rings. The summed E-state index contributed by atoms with van der Waals surface area (Å²) in [5.74, 6) is 0.248. The number of aromatic nitrogens is 7. The molecule has 0 radical (unpaired) electrons. The van der Waals surface area contributed by atoms with Crippen molar-refractivity contribution in [1.82, 2.24) is 39.6 Å². The van der Waals surface area contributed by atoms with E-state index < -0.39 is 0 Å². The second-order valence-corrected chi connectivity index (χ2v) is 8.79. The highest BCUT2D eigenvalue weighted by atomic mass is 16.1. The van der Waals surface area contributed by atoms with Crippen molar-refractivity contribution in [2.45, 2.75) is 38.8 Å². The molecule has 1 fully saturated rings. The van der Waals surface area contributed by atoms with Crippen LogP contribution in [0, 0.1) is 0 Å². The summed E-state index contributed by atoms with van der Waals surface area (Å²) in [5.41, 5.74) is 1.93. The van der Waals surface area contributed by atoms with Crippen LogP contribution in [0.1, 0.15) is 43.1 Å². The van der Waals surface area contributed by atoms with E-state index in [1.54, 1.807) is 23.3 Å². The highest BCUT2D eigenvalue weighted by Gasteiger charge is 2.23. The summed E-state index contributed by atoms with van der Waals surface area (Å²) >= 11 is 0. The Bertz CT molecular complexity index is 1280. The lowest BCUT2D eigenvalue weighted by Gasteiger charge is -2.34. The van der Waals surface area contributed by atoms with Gasteiger partial charge in [0, 0.05) is 50.2 Å². The van der Waals surface area contributed by atoms with Crippen molar-refractivity contribution in [2.75, 3.05) is 18.4 Å². The molecule has 0 atom stereocenters. The SMILES string of the molecule is CC(C)N1CCC(n2cc(C(=O)Nc3cc4cc(-c5cn(C)nn5)ncc4cn3)cn2)CC1. The van der Waals surface area contributed by atoms with Gasteiger partial charge in [-0.05, 0) is 44.2 Å². The Morgan fingerprint density at radius 3 is 2.55 bits per heavy atom. The van der Waals surface area contributed by atoms with Crippen LogP contribution >= 0.6 is 0 Å². The summed E-state index contributed by atoms with van der Waals surface area (Å²) in [5, 5.41) is 17.2. The molecule has 1 aliphatic rings. The van der Waals surface area contributed by atoms with E-state index in [2.05, 4.69) is 49.4 Å². The van der Waals surface area contributed by atoms with Crippen molar-refractivity contribution < 1.29 is 4.79 Å². The predicted octanol–water partition coefficient (Wildman–Crippen LogP) is 2.92. The molecular formula is C23H27N9O. The fraction of sp³-hybridized carbons (Fsp3) is 0.391. The monoisotopic (exact) mass is 445 g/mol. The van der Waals surface area contributed by atoms with Gasteiger partial charge in [0.05, 0.1) is 29.7 Å². The number of fused-ring (bicyclic) bond motifs is 1. The first-order valence-corrected chi connectivity index (χ1v) is 11.2. The number of rotatable bonds is 5. The van der Waals surface area contributed by atoms with Gasteiger partial charge in [-0.1, -0.05) is 5.21 Å². The largest absolute Gasteiger partial charge is 0.306 e. The molecule has 33 heavy (non-hydrogen) atoms. The van der Waals surface area contributed by atoms with Gasteiger partial charge in [-0.3, -0.25) is 19.1 Å². The quantitative estimate of drug-likeness (QED) is 0.503. The van der Waals surface area contributed by atoms with Crippen molar-refractivity contribution >= 4 is 22.5 Å². The lowest BCUT2D eigenvalue weighted by atomic mass is 10.0. The first kappa shape index (κ1) is 21.2. The predicted molar refractivity (Wildman–Crippen MR) is 125 cm³/mol. The number of pyridine rings is 2. The van der Waals surface area contributed by atoms with Gasteiger partial charge >= 0.3 is 0 Å². The number of hydrogen-bond donors (Lipinski definition) is 1. The normalized spacial score (nSPS) is 15.4. The number of piperidine rings is 1. The third-order valence-electron chi connectivity index (χ3n) is 6.18. The Balaban J connectivity index is 1.29. The number of hydrogen-bond acceptors (Lipinski definition) is 7. The number of anilines is 1. The summed E-state index contributed by atoms with van der Waals surface area (Å²) in [6.07, 6.45) is 10.8. The van der Waals surface area contributed by atoms with E-state index >= 15 is 0 Å². The Morgan fingerprint density at radius 1 is 1.03 bits per heavy atom. The molecule has 10 heteroatoms.